The highest BCUT2D eigenvalue weighted by atomic mass is 31.2. The maximum absolute atomic E-state index is 11.8. The Morgan fingerprint density at radius 3 is 2.77 bits per heavy atom. The summed E-state index contributed by atoms with van der Waals surface area (Å²) in [4.78, 5) is 33.2. The lowest BCUT2D eigenvalue weighted by molar-refractivity contribution is 0.0188. The van der Waals surface area contributed by atoms with E-state index in [1.54, 1.807) is 6.07 Å². The summed E-state index contributed by atoms with van der Waals surface area (Å²) in [6.45, 7) is 2.26. The summed E-state index contributed by atoms with van der Waals surface area (Å²) in [7, 11) is -4.32. The van der Waals surface area contributed by atoms with Crippen molar-refractivity contribution in [3.05, 3.63) is 22.7 Å². The number of nitrogens with one attached hydrogen (secondary N) is 1. The highest BCUT2D eigenvalue weighted by molar-refractivity contribution is 7.51. The normalized spacial score (nSPS) is 13.1. The van der Waals surface area contributed by atoms with Gasteiger partial charge in [-0.1, -0.05) is 13.3 Å². The van der Waals surface area contributed by atoms with Gasteiger partial charge in [0.2, 0.25) is 0 Å². The summed E-state index contributed by atoms with van der Waals surface area (Å²) >= 11 is 0. The summed E-state index contributed by atoms with van der Waals surface area (Å²) in [5.74, 6) is 0.464. The molecule has 1 atom stereocenters. The van der Waals surface area contributed by atoms with Gasteiger partial charge in [-0.05, 0) is 12.5 Å². The molecule has 1 aromatic heterocycles. The Balaban J connectivity index is 2.64. The zero-order valence-corrected chi connectivity index (χ0v) is 13.3. The molecule has 0 spiro atoms. The first-order valence-electron chi connectivity index (χ1n) is 6.94. The standard InChI is InChI=1S/C12H22N3O6P/c1-2-3-5-13-11-4-6-15(12(17)14-11)7-10(8-16)21-9-22(18,19)20/h4,6,10,16H,2-3,5,7-9H2,1H3,(H,13,14,17)(H2,18,19,20)/t10-/m0/s1. The number of aliphatic hydroxyl groups excluding tert-OH is 1. The van der Waals surface area contributed by atoms with Crippen LogP contribution in [-0.4, -0.2) is 50.0 Å². The molecule has 0 fully saturated rings. The Morgan fingerprint density at radius 1 is 1.50 bits per heavy atom. The summed E-state index contributed by atoms with van der Waals surface area (Å²) in [5.41, 5.74) is -0.528. The van der Waals surface area contributed by atoms with Crippen LogP contribution in [0.15, 0.2) is 17.1 Å². The van der Waals surface area contributed by atoms with E-state index in [2.05, 4.69) is 17.2 Å². The third-order valence-electron chi connectivity index (χ3n) is 2.79. The number of anilines is 1. The lowest BCUT2D eigenvalue weighted by Gasteiger charge is -2.17. The van der Waals surface area contributed by atoms with Gasteiger partial charge in [0, 0.05) is 12.7 Å². The molecular formula is C12H22N3O6P. The van der Waals surface area contributed by atoms with E-state index in [4.69, 9.17) is 19.6 Å². The number of hydrogen-bond donors (Lipinski definition) is 4. The number of nitrogens with zero attached hydrogens (tertiary/aromatic N) is 2. The minimum Gasteiger partial charge on any atom is -0.394 e. The number of aromatic nitrogens is 2. The van der Waals surface area contributed by atoms with Crippen molar-refractivity contribution in [2.24, 2.45) is 0 Å². The Hall–Kier alpha value is -1.25. The van der Waals surface area contributed by atoms with Crippen molar-refractivity contribution in [3.63, 3.8) is 0 Å². The molecule has 126 valence electrons. The minimum absolute atomic E-state index is 0.0441. The van der Waals surface area contributed by atoms with E-state index < -0.39 is 32.3 Å². The van der Waals surface area contributed by atoms with Crippen LogP contribution in [-0.2, 0) is 15.8 Å². The molecule has 1 rings (SSSR count). The SMILES string of the molecule is CCCCNc1ccn(C[C@@H](CO)OCP(=O)(O)O)c(=O)n1. The molecule has 4 N–H and O–H groups in total. The van der Waals surface area contributed by atoms with E-state index in [1.165, 1.54) is 10.8 Å². The molecule has 22 heavy (non-hydrogen) atoms. The van der Waals surface area contributed by atoms with Crippen LogP contribution in [0, 0.1) is 0 Å². The lowest BCUT2D eigenvalue weighted by atomic mass is 10.3. The molecule has 0 aliphatic heterocycles. The zero-order valence-electron chi connectivity index (χ0n) is 12.4. The van der Waals surface area contributed by atoms with Crippen molar-refractivity contribution in [1.29, 1.82) is 0 Å². The van der Waals surface area contributed by atoms with Crippen LogP contribution in [0.3, 0.4) is 0 Å². The summed E-state index contributed by atoms with van der Waals surface area (Å²) in [6, 6.07) is 1.62. The maximum atomic E-state index is 11.8. The summed E-state index contributed by atoms with van der Waals surface area (Å²) < 4.78 is 16.9. The first-order valence-corrected chi connectivity index (χ1v) is 8.74. The van der Waals surface area contributed by atoms with E-state index in [1.807, 2.05) is 0 Å². The van der Waals surface area contributed by atoms with Gasteiger partial charge in [0.15, 0.2) is 0 Å². The van der Waals surface area contributed by atoms with Gasteiger partial charge in [0.05, 0.1) is 19.3 Å². The third-order valence-corrected chi connectivity index (χ3v) is 3.28. The fourth-order valence-electron chi connectivity index (χ4n) is 1.64. The van der Waals surface area contributed by atoms with Gasteiger partial charge in [0.1, 0.15) is 12.2 Å². The van der Waals surface area contributed by atoms with Gasteiger partial charge >= 0.3 is 13.3 Å². The van der Waals surface area contributed by atoms with Gasteiger partial charge in [-0.3, -0.25) is 9.13 Å². The van der Waals surface area contributed by atoms with E-state index >= 15 is 0 Å². The smallest absolute Gasteiger partial charge is 0.350 e. The molecule has 0 aromatic carbocycles. The Bertz CT molecular complexity index is 558. The monoisotopic (exact) mass is 335 g/mol. The molecular weight excluding hydrogens is 313 g/mol. The van der Waals surface area contributed by atoms with E-state index in [-0.39, 0.29) is 6.54 Å². The summed E-state index contributed by atoms with van der Waals surface area (Å²) in [5, 5.41) is 12.2. The molecule has 0 bridgehead atoms. The Kier molecular flexibility index (Phi) is 7.70. The molecule has 0 aliphatic carbocycles. The van der Waals surface area contributed by atoms with Crippen molar-refractivity contribution in [3.8, 4) is 0 Å². The van der Waals surface area contributed by atoms with E-state index in [9.17, 15) is 9.36 Å². The largest absolute Gasteiger partial charge is 0.394 e. The number of aliphatic hydroxyl groups is 1. The highest BCUT2D eigenvalue weighted by Crippen LogP contribution is 2.34. The van der Waals surface area contributed by atoms with Crippen LogP contribution in [0.4, 0.5) is 5.82 Å². The first-order chi connectivity index (χ1) is 10.4. The predicted molar refractivity (Wildman–Crippen MR) is 80.8 cm³/mol. The minimum atomic E-state index is -4.32. The molecule has 9 nitrogen and oxygen atoms in total. The average Bonchev–Trinajstić information content (AvgIpc) is 2.45. The van der Waals surface area contributed by atoms with Crippen LogP contribution in [0.1, 0.15) is 19.8 Å². The predicted octanol–water partition coefficient (Wildman–Crippen LogP) is -0.0320. The van der Waals surface area contributed by atoms with Crippen molar-refractivity contribution >= 4 is 13.4 Å². The van der Waals surface area contributed by atoms with E-state index in [0.29, 0.717) is 5.82 Å². The highest BCUT2D eigenvalue weighted by Gasteiger charge is 2.18. The Morgan fingerprint density at radius 2 is 2.23 bits per heavy atom. The number of hydrogen-bond acceptors (Lipinski definition) is 6. The second-order valence-electron chi connectivity index (χ2n) is 4.79. The zero-order chi connectivity index (χ0) is 16.6. The van der Waals surface area contributed by atoms with Gasteiger partial charge < -0.3 is 24.9 Å². The van der Waals surface area contributed by atoms with Crippen LogP contribution in [0.25, 0.3) is 0 Å². The molecule has 0 saturated carbocycles. The molecule has 1 heterocycles. The fourth-order valence-corrected chi connectivity index (χ4v) is 2.05. The van der Waals surface area contributed by atoms with Crippen molar-refractivity contribution in [1.82, 2.24) is 9.55 Å². The fraction of sp³-hybridized carbons (Fsp3) is 0.667. The number of rotatable bonds is 10. The third kappa shape index (κ3) is 7.15. The quantitative estimate of drug-likeness (QED) is 0.346. The topological polar surface area (TPSA) is 134 Å². The van der Waals surface area contributed by atoms with Crippen LogP contribution in [0.5, 0.6) is 0 Å². The van der Waals surface area contributed by atoms with Gasteiger partial charge in [-0.25, -0.2) is 4.79 Å². The molecule has 1 aromatic rings. The van der Waals surface area contributed by atoms with E-state index in [0.717, 1.165) is 19.4 Å². The van der Waals surface area contributed by atoms with Crippen molar-refractivity contribution < 1.29 is 24.2 Å². The first kappa shape index (κ1) is 18.8. The van der Waals surface area contributed by atoms with Gasteiger partial charge in [0.25, 0.3) is 0 Å². The van der Waals surface area contributed by atoms with Gasteiger partial charge in [-0.2, -0.15) is 4.98 Å². The van der Waals surface area contributed by atoms with Gasteiger partial charge in [-0.15, -0.1) is 0 Å². The second kappa shape index (κ2) is 9.02. The molecule has 0 aliphatic rings. The number of unbranched alkanes of at least 4 members (excludes halogenated alkanes) is 1. The Labute approximate surface area is 128 Å². The van der Waals surface area contributed by atoms with Crippen LogP contribution >= 0.6 is 7.60 Å². The summed E-state index contributed by atoms with van der Waals surface area (Å²) in [6.07, 6.45) is 1.78. The maximum Gasteiger partial charge on any atom is 0.350 e. The molecule has 0 radical (unpaired) electrons. The molecule has 0 amide bonds. The molecule has 10 heteroatoms. The van der Waals surface area contributed by atoms with Crippen LogP contribution < -0.4 is 11.0 Å². The molecule has 0 unspecified atom stereocenters. The van der Waals surface area contributed by atoms with Crippen molar-refractivity contribution in [2.45, 2.75) is 32.4 Å². The van der Waals surface area contributed by atoms with Crippen LogP contribution in [0.2, 0.25) is 0 Å². The molecule has 0 saturated heterocycles. The average molecular weight is 335 g/mol. The van der Waals surface area contributed by atoms with Crippen molar-refractivity contribution in [2.75, 3.05) is 24.8 Å². The number of ether oxygens (including phenoxy) is 1. The second-order valence-corrected chi connectivity index (χ2v) is 6.38. The lowest BCUT2D eigenvalue weighted by Crippen LogP contribution is -2.32.